The summed E-state index contributed by atoms with van der Waals surface area (Å²) >= 11 is 0. The summed E-state index contributed by atoms with van der Waals surface area (Å²) in [5, 5.41) is 6.22. The molecule has 0 aliphatic carbocycles. The topological polar surface area (TPSA) is 37.0 Å². The summed E-state index contributed by atoms with van der Waals surface area (Å²) in [5.74, 6) is 0. The largest absolute Gasteiger partial charge is 0.303 e. The maximum atomic E-state index is 4.10. The first-order valence-corrected chi connectivity index (χ1v) is 4.85. The molecule has 3 heteroatoms. The quantitative estimate of drug-likeness (QED) is 0.683. The zero-order chi connectivity index (χ0) is 10.1. The van der Waals surface area contributed by atoms with Crippen LogP contribution in [0.15, 0.2) is 37.1 Å². The van der Waals surface area contributed by atoms with E-state index in [2.05, 4.69) is 22.2 Å². The molecule has 3 nitrogen and oxygen atoms in total. The zero-order valence-corrected chi connectivity index (χ0v) is 8.37. The molecule has 0 saturated carbocycles. The Morgan fingerprint density at radius 1 is 1.36 bits per heavy atom. The predicted molar refractivity (Wildman–Crippen MR) is 59.0 cm³/mol. The van der Waals surface area contributed by atoms with Gasteiger partial charge in [-0.25, -0.2) is 0 Å². The van der Waals surface area contributed by atoms with Crippen LogP contribution in [0.1, 0.15) is 5.69 Å². The van der Waals surface area contributed by atoms with Gasteiger partial charge in [0.15, 0.2) is 0 Å². The molecule has 0 aromatic carbocycles. The Kier molecular flexibility index (Phi) is 5.63. The van der Waals surface area contributed by atoms with Crippen LogP contribution >= 0.6 is 0 Å². The van der Waals surface area contributed by atoms with E-state index in [1.165, 1.54) is 0 Å². The first-order valence-electron chi connectivity index (χ1n) is 4.85. The van der Waals surface area contributed by atoms with Gasteiger partial charge >= 0.3 is 0 Å². The Bertz CT molecular complexity index is 234. The van der Waals surface area contributed by atoms with Crippen molar-refractivity contribution >= 4 is 0 Å². The normalized spacial score (nSPS) is 14.3. The van der Waals surface area contributed by atoms with Crippen molar-refractivity contribution in [3.63, 3.8) is 0 Å². The van der Waals surface area contributed by atoms with Gasteiger partial charge in [-0.15, -0.1) is 6.58 Å². The summed E-state index contributed by atoms with van der Waals surface area (Å²) in [7, 11) is 0. The smallest absolute Gasteiger partial charge is 0.0455 e. The minimum atomic E-state index is 0.862. The molecule has 76 valence electrons. The SMILES string of the molecule is C1CNCN1.C=CCc1ccccn1. The number of rotatable bonds is 2. The molecule has 0 atom stereocenters. The van der Waals surface area contributed by atoms with E-state index >= 15 is 0 Å². The molecule has 1 aliphatic heterocycles. The summed E-state index contributed by atoms with van der Waals surface area (Å²) in [6.45, 7) is 6.89. The zero-order valence-electron chi connectivity index (χ0n) is 8.37. The standard InChI is InChI=1S/C8H9N.C3H8N2/c1-2-5-8-6-3-4-7-9-8;1-2-5-3-4-1/h2-4,6-7H,1,5H2;4-5H,1-3H2. The highest BCUT2D eigenvalue weighted by Crippen LogP contribution is 1.93. The van der Waals surface area contributed by atoms with Gasteiger partial charge in [-0.3, -0.25) is 4.98 Å². The monoisotopic (exact) mass is 191 g/mol. The van der Waals surface area contributed by atoms with E-state index in [4.69, 9.17) is 0 Å². The molecule has 0 radical (unpaired) electrons. The Morgan fingerprint density at radius 3 is 2.57 bits per heavy atom. The van der Waals surface area contributed by atoms with Gasteiger partial charge in [0, 0.05) is 38.1 Å². The van der Waals surface area contributed by atoms with Gasteiger partial charge in [0.1, 0.15) is 0 Å². The van der Waals surface area contributed by atoms with E-state index in [9.17, 15) is 0 Å². The number of aromatic nitrogens is 1. The first-order chi connectivity index (χ1) is 6.93. The van der Waals surface area contributed by atoms with Gasteiger partial charge in [-0.05, 0) is 12.1 Å². The number of nitrogens with zero attached hydrogens (tertiary/aromatic N) is 1. The van der Waals surface area contributed by atoms with Crippen molar-refractivity contribution in [1.82, 2.24) is 15.6 Å². The van der Waals surface area contributed by atoms with Crippen LogP contribution in [0, 0.1) is 0 Å². The van der Waals surface area contributed by atoms with E-state index in [1.807, 2.05) is 24.3 Å². The summed E-state index contributed by atoms with van der Waals surface area (Å²) in [5.41, 5.74) is 1.08. The molecule has 0 amide bonds. The van der Waals surface area contributed by atoms with E-state index in [-0.39, 0.29) is 0 Å². The molecule has 0 spiro atoms. The summed E-state index contributed by atoms with van der Waals surface area (Å²) < 4.78 is 0. The van der Waals surface area contributed by atoms with Crippen LogP contribution in [0.4, 0.5) is 0 Å². The molecule has 1 saturated heterocycles. The Morgan fingerprint density at radius 2 is 2.14 bits per heavy atom. The average molecular weight is 191 g/mol. The fourth-order valence-corrected chi connectivity index (χ4v) is 1.11. The van der Waals surface area contributed by atoms with E-state index < -0.39 is 0 Å². The van der Waals surface area contributed by atoms with Crippen molar-refractivity contribution in [3.05, 3.63) is 42.7 Å². The molecule has 1 aromatic rings. The van der Waals surface area contributed by atoms with Gasteiger partial charge in [0.25, 0.3) is 0 Å². The van der Waals surface area contributed by atoms with Crippen molar-refractivity contribution in [1.29, 1.82) is 0 Å². The number of pyridine rings is 1. The molecular weight excluding hydrogens is 174 g/mol. The second-order valence-electron chi connectivity index (χ2n) is 2.99. The van der Waals surface area contributed by atoms with Crippen LogP contribution in [-0.4, -0.2) is 24.7 Å². The average Bonchev–Trinajstić information content (AvgIpc) is 2.78. The number of hydrogen-bond acceptors (Lipinski definition) is 3. The second kappa shape index (κ2) is 7.24. The predicted octanol–water partition coefficient (Wildman–Crippen LogP) is 0.947. The van der Waals surface area contributed by atoms with Gasteiger partial charge in [-0.1, -0.05) is 12.1 Å². The van der Waals surface area contributed by atoms with Crippen LogP contribution in [0.3, 0.4) is 0 Å². The highest BCUT2D eigenvalue weighted by Gasteiger charge is 1.90. The molecule has 1 fully saturated rings. The molecule has 1 aliphatic rings. The summed E-state index contributed by atoms with van der Waals surface area (Å²) in [4.78, 5) is 4.10. The Balaban J connectivity index is 0.000000165. The van der Waals surface area contributed by atoms with Gasteiger partial charge in [0.2, 0.25) is 0 Å². The second-order valence-corrected chi connectivity index (χ2v) is 2.99. The third-order valence-electron chi connectivity index (χ3n) is 1.81. The van der Waals surface area contributed by atoms with Crippen molar-refractivity contribution in [2.24, 2.45) is 0 Å². The molecule has 1 aromatic heterocycles. The first kappa shape index (κ1) is 10.9. The third kappa shape index (κ3) is 4.74. The molecule has 0 bridgehead atoms. The molecular formula is C11H17N3. The van der Waals surface area contributed by atoms with Crippen molar-refractivity contribution in [2.45, 2.75) is 6.42 Å². The Labute approximate surface area is 85.3 Å². The molecule has 2 N–H and O–H groups in total. The van der Waals surface area contributed by atoms with Crippen molar-refractivity contribution in [3.8, 4) is 0 Å². The van der Waals surface area contributed by atoms with Crippen molar-refractivity contribution in [2.75, 3.05) is 19.8 Å². The third-order valence-corrected chi connectivity index (χ3v) is 1.81. The van der Waals surface area contributed by atoms with Crippen LogP contribution in [-0.2, 0) is 6.42 Å². The van der Waals surface area contributed by atoms with E-state index in [1.54, 1.807) is 6.20 Å². The molecule has 0 unspecified atom stereocenters. The molecule has 2 heterocycles. The fraction of sp³-hybridized carbons (Fsp3) is 0.364. The lowest BCUT2D eigenvalue weighted by Crippen LogP contribution is -2.11. The summed E-state index contributed by atoms with van der Waals surface area (Å²) in [6, 6.07) is 5.88. The minimum Gasteiger partial charge on any atom is -0.303 e. The van der Waals surface area contributed by atoms with E-state index in [0.717, 1.165) is 31.9 Å². The van der Waals surface area contributed by atoms with Gasteiger partial charge in [-0.2, -0.15) is 0 Å². The van der Waals surface area contributed by atoms with Crippen LogP contribution in [0.25, 0.3) is 0 Å². The number of hydrogen-bond donors (Lipinski definition) is 2. The van der Waals surface area contributed by atoms with Crippen molar-refractivity contribution < 1.29 is 0 Å². The number of nitrogens with one attached hydrogen (secondary N) is 2. The van der Waals surface area contributed by atoms with Gasteiger partial charge in [0.05, 0.1) is 0 Å². The van der Waals surface area contributed by atoms with Crippen LogP contribution in [0.2, 0.25) is 0 Å². The molecule has 2 rings (SSSR count). The maximum absolute atomic E-state index is 4.10. The number of allylic oxidation sites excluding steroid dienone is 1. The van der Waals surface area contributed by atoms with E-state index in [0.29, 0.717) is 0 Å². The van der Waals surface area contributed by atoms with Gasteiger partial charge < -0.3 is 10.6 Å². The maximum Gasteiger partial charge on any atom is 0.0455 e. The van der Waals surface area contributed by atoms with Crippen LogP contribution < -0.4 is 10.6 Å². The highest BCUT2D eigenvalue weighted by molar-refractivity contribution is 5.06. The summed E-state index contributed by atoms with van der Waals surface area (Å²) in [6.07, 6.45) is 4.50. The highest BCUT2D eigenvalue weighted by atomic mass is 15.1. The van der Waals surface area contributed by atoms with Crippen LogP contribution in [0.5, 0.6) is 0 Å². The lowest BCUT2D eigenvalue weighted by atomic mass is 10.3. The lowest BCUT2D eigenvalue weighted by Gasteiger charge is -1.90. The minimum absolute atomic E-state index is 0.862. The lowest BCUT2D eigenvalue weighted by molar-refractivity contribution is 0.807. The fourth-order valence-electron chi connectivity index (χ4n) is 1.11. The molecule has 14 heavy (non-hydrogen) atoms. The Hall–Kier alpha value is -1.19.